The van der Waals surface area contributed by atoms with E-state index in [1.165, 1.54) is 29.2 Å². The predicted octanol–water partition coefficient (Wildman–Crippen LogP) is 2.68. The number of anilines is 2. The smallest absolute Gasteiger partial charge is 0.262 e. The number of benzene rings is 1. The lowest BCUT2D eigenvalue weighted by Gasteiger charge is -2.09. The zero-order chi connectivity index (χ0) is 19.1. The summed E-state index contributed by atoms with van der Waals surface area (Å²) in [5, 5.41) is 10.7. The van der Waals surface area contributed by atoms with E-state index in [1.807, 2.05) is 0 Å². The Balaban J connectivity index is 1.70. The largest absolute Gasteiger partial charge is 0.382 e. The zero-order valence-electron chi connectivity index (χ0n) is 13.4. The summed E-state index contributed by atoms with van der Waals surface area (Å²) in [6, 6.07) is 4.37. The van der Waals surface area contributed by atoms with Crippen LogP contribution < -0.4 is 11.1 Å². The van der Waals surface area contributed by atoms with Crippen LogP contribution in [-0.2, 0) is 0 Å². The van der Waals surface area contributed by atoms with E-state index in [1.54, 1.807) is 0 Å². The van der Waals surface area contributed by atoms with Crippen molar-refractivity contribution in [3.8, 4) is 5.69 Å². The van der Waals surface area contributed by atoms with Crippen LogP contribution in [0.25, 0.3) is 11.3 Å². The summed E-state index contributed by atoms with van der Waals surface area (Å²) in [5.41, 5.74) is 5.83. The highest BCUT2D eigenvalue weighted by Crippen LogP contribution is 2.22. The Bertz CT molecular complexity index is 1190. The third kappa shape index (κ3) is 2.95. The van der Waals surface area contributed by atoms with Crippen molar-refractivity contribution >= 4 is 34.8 Å². The number of halogens is 3. The van der Waals surface area contributed by atoms with Gasteiger partial charge in [-0.15, -0.1) is 0 Å². The van der Waals surface area contributed by atoms with Crippen LogP contribution in [0.1, 0.15) is 10.4 Å². The average molecular weight is 390 g/mol. The van der Waals surface area contributed by atoms with Gasteiger partial charge in [-0.05, 0) is 12.1 Å². The first-order valence-corrected chi connectivity index (χ1v) is 7.92. The van der Waals surface area contributed by atoms with Crippen molar-refractivity contribution < 1.29 is 13.6 Å². The molecule has 0 aliphatic carbocycles. The highest BCUT2D eigenvalue weighted by atomic mass is 35.5. The van der Waals surface area contributed by atoms with Crippen LogP contribution in [0.4, 0.5) is 20.4 Å². The second kappa shape index (κ2) is 6.32. The van der Waals surface area contributed by atoms with Crippen molar-refractivity contribution in [1.29, 1.82) is 0 Å². The van der Waals surface area contributed by atoms with E-state index in [4.69, 9.17) is 17.3 Å². The van der Waals surface area contributed by atoms with E-state index >= 15 is 0 Å². The molecule has 136 valence electrons. The van der Waals surface area contributed by atoms with Crippen molar-refractivity contribution in [2.45, 2.75) is 0 Å². The van der Waals surface area contributed by atoms with Crippen LogP contribution in [0.2, 0.25) is 5.02 Å². The molecule has 3 N–H and O–H groups in total. The van der Waals surface area contributed by atoms with E-state index in [-0.39, 0.29) is 33.6 Å². The fourth-order valence-corrected chi connectivity index (χ4v) is 2.62. The van der Waals surface area contributed by atoms with Gasteiger partial charge in [-0.2, -0.15) is 10.2 Å². The molecule has 1 amide bonds. The normalized spacial score (nSPS) is 11.1. The van der Waals surface area contributed by atoms with E-state index in [2.05, 4.69) is 20.5 Å². The molecule has 0 bridgehead atoms. The van der Waals surface area contributed by atoms with Crippen molar-refractivity contribution in [2.75, 3.05) is 11.1 Å². The highest BCUT2D eigenvalue weighted by molar-refractivity contribution is 6.32. The lowest BCUT2D eigenvalue weighted by Crippen LogP contribution is -2.16. The Labute approximate surface area is 155 Å². The predicted molar refractivity (Wildman–Crippen MR) is 93.8 cm³/mol. The fraction of sp³-hybridized carbons (Fsp3) is 0. The van der Waals surface area contributed by atoms with Gasteiger partial charge in [0.2, 0.25) is 0 Å². The van der Waals surface area contributed by atoms with Gasteiger partial charge in [0, 0.05) is 12.1 Å². The highest BCUT2D eigenvalue weighted by Gasteiger charge is 2.18. The van der Waals surface area contributed by atoms with Gasteiger partial charge in [0.25, 0.3) is 5.91 Å². The molecule has 3 heterocycles. The number of nitrogen functional groups attached to an aromatic ring is 1. The molecule has 4 aromatic rings. The number of rotatable bonds is 3. The van der Waals surface area contributed by atoms with Gasteiger partial charge >= 0.3 is 0 Å². The minimum atomic E-state index is -0.698. The number of hydrogen-bond donors (Lipinski definition) is 2. The SMILES string of the molecule is Nc1nc2c(C(=O)Nc3ccnn3-c3cc(F)ccc3F)cnn2cc1Cl. The molecule has 11 heteroatoms. The third-order valence-corrected chi connectivity index (χ3v) is 4.03. The number of hydrogen-bond acceptors (Lipinski definition) is 5. The van der Waals surface area contributed by atoms with Gasteiger partial charge in [0.05, 0.1) is 18.6 Å². The molecule has 0 aliphatic rings. The topological polar surface area (TPSA) is 103 Å². The number of aromatic nitrogens is 5. The molecular formula is C16H10ClF2N7O. The van der Waals surface area contributed by atoms with Gasteiger partial charge in [-0.25, -0.2) is 23.0 Å². The molecule has 0 unspecified atom stereocenters. The first-order chi connectivity index (χ1) is 12.9. The average Bonchev–Trinajstić information content (AvgIpc) is 3.24. The number of carbonyl (C=O) groups is 1. The number of amides is 1. The van der Waals surface area contributed by atoms with Gasteiger partial charge in [-0.3, -0.25) is 4.79 Å². The van der Waals surface area contributed by atoms with Gasteiger partial charge in [0.1, 0.15) is 39.5 Å². The van der Waals surface area contributed by atoms with Crippen molar-refractivity contribution in [2.24, 2.45) is 0 Å². The Kier molecular flexibility index (Phi) is 3.96. The van der Waals surface area contributed by atoms with Gasteiger partial charge < -0.3 is 11.1 Å². The van der Waals surface area contributed by atoms with Crippen molar-refractivity contribution in [3.63, 3.8) is 0 Å². The van der Waals surface area contributed by atoms with Crippen LogP contribution in [0.3, 0.4) is 0 Å². The number of fused-ring (bicyclic) bond motifs is 1. The van der Waals surface area contributed by atoms with Crippen molar-refractivity contribution in [3.05, 3.63) is 65.1 Å². The second-order valence-electron chi connectivity index (χ2n) is 5.48. The Morgan fingerprint density at radius 2 is 2.04 bits per heavy atom. The molecule has 0 atom stereocenters. The fourth-order valence-electron chi connectivity index (χ4n) is 2.48. The minimum absolute atomic E-state index is 0.0468. The number of nitrogens with one attached hydrogen (secondary N) is 1. The summed E-state index contributed by atoms with van der Waals surface area (Å²) in [7, 11) is 0. The molecule has 4 rings (SSSR count). The molecule has 8 nitrogen and oxygen atoms in total. The number of nitrogens with zero attached hydrogens (tertiary/aromatic N) is 5. The molecule has 0 saturated heterocycles. The Hall–Kier alpha value is -3.53. The minimum Gasteiger partial charge on any atom is -0.382 e. The molecule has 0 radical (unpaired) electrons. The molecule has 0 spiro atoms. The quantitative estimate of drug-likeness (QED) is 0.560. The van der Waals surface area contributed by atoms with Crippen molar-refractivity contribution in [1.82, 2.24) is 24.4 Å². The summed E-state index contributed by atoms with van der Waals surface area (Å²) >= 11 is 5.88. The van der Waals surface area contributed by atoms with Crippen LogP contribution in [-0.4, -0.2) is 30.3 Å². The maximum atomic E-state index is 14.0. The summed E-state index contributed by atoms with van der Waals surface area (Å²) in [6.45, 7) is 0. The molecule has 27 heavy (non-hydrogen) atoms. The van der Waals surface area contributed by atoms with Gasteiger partial charge in [-0.1, -0.05) is 11.6 Å². The van der Waals surface area contributed by atoms with Crippen LogP contribution in [0, 0.1) is 11.6 Å². The standard InChI is InChI=1S/C16H10ClF2N7O/c17-10-7-25-15(24-14(10)20)9(6-22-25)16(27)23-13-3-4-21-26(13)12-5-8(18)1-2-11(12)19/h1-7H,(H2,20,24)(H,23,27). The van der Waals surface area contributed by atoms with Crippen LogP contribution in [0.5, 0.6) is 0 Å². The monoisotopic (exact) mass is 389 g/mol. The summed E-state index contributed by atoms with van der Waals surface area (Å²) in [6.07, 6.45) is 4.05. The Morgan fingerprint density at radius 1 is 1.22 bits per heavy atom. The lowest BCUT2D eigenvalue weighted by molar-refractivity contribution is 0.102. The maximum absolute atomic E-state index is 14.0. The first-order valence-electron chi connectivity index (χ1n) is 7.54. The van der Waals surface area contributed by atoms with E-state index in [9.17, 15) is 13.6 Å². The molecule has 1 aromatic carbocycles. The number of nitrogens with two attached hydrogens (primary N) is 1. The summed E-state index contributed by atoms with van der Waals surface area (Å²) < 4.78 is 29.9. The summed E-state index contributed by atoms with van der Waals surface area (Å²) in [5.74, 6) is -1.75. The molecule has 0 fully saturated rings. The van der Waals surface area contributed by atoms with E-state index < -0.39 is 17.5 Å². The lowest BCUT2D eigenvalue weighted by atomic mass is 10.3. The first kappa shape index (κ1) is 16.9. The van der Waals surface area contributed by atoms with Gasteiger partial charge in [0.15, 0.2) is 5.65 Å². The van der Waals surface area contributed by atoms with E-state index in [0.717, 1.165) is 22.9 Å². The molecule has 0 saturated carbocycles. The van der Waals surface area contributed by atoms with Crippen LogP contribution >= 0.6 is 11.6 Å². The summed E-state index contributed by atoms with van der Waals surface area (Å²) in [4.78, 5) is 16.7. The molecular weight excluding hydrogens is 380 g/mol. The second-order valence-corrected chi connectivity index (χ2v) is 5.89. The molecule has 3 aromatic heterocycles. The van der Waals surface area contributed by atoms with Crippen LogP contribution in [0.15, 0.2) is 42.9 Å². The third-order valence-electron chi connectivity index (χ3n) is 3.74. The number of carbonyl (C=O) groups excluding carboxylic acids is 1. The van der Waals surface area contributed by atoms with E-state index in [0.29, 0.717) is 0 Å². The maximum Gasteiger partial charge on any atom is 0.262 e. The molecule has 0 aliphatic heterocycles. The zero-order valence-corrected chi connectivity index (χ0v) is 14.2. The Morgan fingerprint density at radius 3 is 2.85 bits per heavy atom.